The van der Waals surface area contributed by atoms with E-state index in [1.807, 2.05) is 19.1 Å². The van der Waals surface area contributed by atoms with Gasteiger partial charge in [0.1, 0.15) is 5.75 Å². The Balaban J connectivity index is 1.48. The fourth-order valence-corrected chi connectivity index (χ4v) is 4.05. The lowest BCUT2D eigenvalue weighted by molar-refractivity contribution is -0.138. The van der Waals surface area contributed by atoms with E-state index in [2.05, 4.69) is 33.8 Å². The van der Waals surface area contributed by atoms with Gasteiger partial charge < -0.3 is 14.5 Å². The number of carbonyl (C=O) groups is 1. The van der Waals surface area contributed by atoms with Crippen LogP contribution in [-0.2, 0) is 11.3 Å². The maximum Gasteiger partial charge on any atom is 0.225 e. The Labute approximate surface area is 157 Å². The Morgan fingerprint density at radius 2 is 1.69 bits per heavy atom. The number of hydrogen-bond donors (Lipinski definition) is 0. The number of likely N-dealkylation sites (N-methyl/N-ethyl adjacent to an activating group) is 1. The molecule has 1 aromatic carbocycles. The first kappa shape index (κ1) is 19.2. The van der Waals surface area contributed by atoms with Gasteiger partial charge in [0, 0.05) is 44.2 Å². The van der Waals surface area contributed by atoms with Crippen molar-refractivity contribution in [1.29, 1.82) is 0 Å². The van der Waals surface area contributed by atoms with Crippen molar-refractivity contribution in [2.45, 2.75) is 33.2 Å². The lowest BCUT2D eigenvalue weighted by Gasteiger charge is -2.38. The molecule has 2 aliphatic heterocycles. The number of carbonyl (C=O) groups excluding carboxylic acids is 1. The summed E-state index contributed by atoms with van der Waals surface area (Å²) < 4.78 is 5.74. The van der Waals surface area contributed by atoms with E-state index in [-0.39, 0.29) is 5.92 Å². The topological polar surface area (TPSA) is 36.0 Å². The third-order valence-corrected chi connectivity index (χ3v) is 5.73. The highest BCUT2D eigenvalue weighted by molar-refractivity contribution is 5.79. The zero-order chi connectivity index (χ0) is 18.4. The average molecular weight is 360 g/mol. The second-order valence-electron chi connectivity index (χ2n) is 7.35. The number of para-hydroxylation sites is 1. The Morgan fingerprint density at radius 3 is 2.35 bits per heavy atom. The predicted molar refractivity (Wildman–Crippen MR) is 104 cm³/mol. The van der Waals surface area contributed by atoms with E-state index in [4.69, 9.17) is 4.74 Å². The second-order valence-corrected chi connectivity index (χ2v) is 7.35. The summed E-state index contributed by atoms with van der Waals surface area (Å²) in [4.78, 5) is 19.8. The Morgan fingerprint density at radius 1 is 1.00 bits per heavy atom. The van der Waals surface area contributed by atoms with Crippen LogP contribution >= 0.6 is 0 Å². The summed E-state index contributed by atoms with van der Waals surface area (Å²) in [6.45, 7) is 12.7. The molecule has 1 amide bonds. The molecule has 2 aliphatic rings. The number of nitrogens with zero attached hydrogens (tertiary/aromatic N) is 3. The lowest BCUT2D eigenvalue weighted by Crippen LogP contribution is -2.51. The van der Waals surface area contributed by atoms with Gasteiger partial charge in [-0.25, -0.2) is 0 Å². The monoisotopic (exact) mass is 359 g/mol. The van der Waals surface area contributed by atoms with Crippen LogP contribution < -0.4 is 4.74 Å². The molecule has 2 fully saturated rings. The van der Waals surface area contributed by atoms with Gasteiger partial charge in [-0.1, -0.05) is 25.1 Å². The molecule has 0 aromatic heterocycles. The number of likely N-dealkylation sites (tertiary alicyclic amines) is 1. The van der Waals surface area contributed by atoms with Crippen molar-refractivity contribution in [3.05, 3.63) is 29.8 Å². The fraction of sp³-hybridized carbons (Fsp3) is 0.667. The molecule has 0 bridgehead atoms. The van der Waals surface area contributed by atoms with Crippen LogP contribution in [0.15, 0.2) is 24.3 Å². The van der Waals surface area contributed by atoms with Crippen molar-refractivity contribution in [2.24, 2.45) is 5.92 Å². The smallest absolute Gasteiger partial charge is 0.225 e. The molecule has 0 saturated carbocycles. The predicted octanol–water partition coefficient (Wildman–Crippen LogP) is 2.46. The van der Waals surface area contributed by atoms with E-state index in [1.54, 1.807) is 0 Å². The molecule has 0 N–H and O–H groups in total. The molecule has 26 heavy (non-hydrogen) atoms. The number of amides is 1. The van der Waals surface area contributed by atoms with Gasteiger partial charge in [0.15, 0.2) is 0 Å². The summed E-state index contributed by atoms with van der Waals surface area (Å²) in [6.07, 6.45) is 1.95. The highest BCUT2D eigenvalue weighted by Gasteiger charge is 2.30. The van der Waals surface area contributed by atoms with E-state index in [0.717, 1.165) is 70.9 Å². The Kier molecular flexibility index (Phi) is 6.92. The average Bonchev–Trinajstić information content (AvgIpc) is 2.70. The van der Waals surface area contributed by atoms with Crippen LogP contribution in [0.4, 0.5) is 0 Å². The SMILES string of the molecule is CCOc1ccccc1CN1CCC(C(=O)N2CCN(CC)CC2)CC1. The number of ether oxygens (including phenoxy) is 1. The standard InChI is InChI=1S/C21H33N3O2/c1-3-22-13-15-24(16-14-22)21(25)18-9-11-23(12-10-18)17-19-7-5-6-8-20(19)26-4-2/h5-8,18H,3-4,9-17H2,1-2H3. The minimum atomic E-state index is 0.210. The minimum Gasteiger partial charge on any atom is -0.494 e. The highest BCUT2D eigenvalue weighted by Crippen LogP contribution is 2.25. The molecular weight excluding hydrogens is 326 g/mol. The van der Waals surface area contributed by atoms with E-state index < -0.39 is 0 Å². The van der Waals surface area contributed by atoms with Crippen molar-refractivity contribution < 1.29 is 9.53 Å². The molecule has 2 heterocycles. The van der Waals surface area contributed by atoms with Crippen LogP contribution in [0.3, 0.4) is 0 Å². The summed E-state index contributed by atoms with van der Waals surface area (Å²) in [6, 6.07) is 8.29. The lowest BCUT2D eigenvalue weighted by atomic mass is 9.94. The second kappa shape index (κ2) is 9.38. The first-order valence-corrected chi connectivity index (χ1v) is 10.2. The maximum absolute atomic E-state index is 12.8. The number of rotatable bonds is 6. The molecule has 2 saturated heterocycles. The summed E-state index contributed by atoms with van der Waals surface area (Å²) >= 11 is 0. The van der Waals surface area contributed by atoms with Gasteiger partial charge in [-0.2, -0.15) is 0 Å². The van der Waals surface area contributed by atoms with Crippen LogP contribution in [-0.4, -0.2) is 73.0 Å². The number of piperidine rings is 1. The van der Waals surface area contributed by atoms with E-state index >= 15 is 0 Å². The molecular formula is C21H33N3O2. The number of hydrogen-bond acceptors (Lipinski definition) is 4. The molecule has 0 aliphatic carbocycles. The van der Waals surface area contributed by atoms with Crippen molar-refractivity contribution >= 4 is 5.91 Å². The Hall–Kier alpha value is -1.59. The van der Waals surface area contributed by atoms with Gasteiger partial charge in [0.2, 0.25) is 5.91 Å². The van der Waals surface area contributed by atoms with E-state index in [1.165, 1.54) is 5.56 Å². The van der Waals surface area contributed by atoms with Crippen molar-refractivity contribution in [1.82, 2.24) is 14.7 Å². The molecule has 144 valence electrons. The van der Waals surface area contributed by atoms with Gasteiger partial charge in [-0.3, -0.25) is 9.69 Å². The van der Waals surface area contributed by atoms with E-state index in [0.29, 0.717) is 12.5 Å². The molecule has 5 heteroatoms. The molecule has 0 unspecified atom stereocenters. The number of benzene rings is 1. The minimum absolute atomic E-state index is 0.210. The van der Waals surface area contributed by atoms with Crippen molar-refractivity contribution in [3.63, 3.8) is 0 Å². The molecule has 0 atom stereocenters. The van der Waals surface area contributed by atoms with Gasteiger partial charge in [0.05, 0.1) is 6.61 Å². The molecule has 0 radical (unpaired) electrons. The third-order valence-electron chi connectivity index (χ3n) is 5.73. The van der Waals surface area contributed by atoms with Gasteiger partial charge in [-0.05, 0) is 45.5 Å². The molecule has 3 rings (SSSR count). The highest BCUT2D eigenvalue weighted by atomic mass is 16.5. The first-order chi connectivity index (χ1) is 12.7. The van der Waals surface area contributed by atoms with Gasteiger partial charge >= 0.3 is 0 Å². The summed E-state index contributed by atoms with van der Waals surface area (Å²) in [7, 11) is 0. The zero-order valence-corrected chi connectivity index (χ0v) is 16.3. The molecule has 0 spiro atoms. The van der Waals surface area contributed by atoms with Gasteiger partial charge in [0.25, 0.3) is 0 Å². The fourth-order valence-electron chi connectivity index (χ4n) is 4.05. The first-order valence-electron chi connectivity index (χ1n) is 10.2. The zero-order valence-electron chi connectivity index (χ0n) is 16.3. The van der Waals surface area contributed by atoms with E-state index in [9.17, 15) is 4.79 Å². The summed E-state index contributed by atoms with van der Waals surface area (Å²) in [5.41, 5.74) is 1.25. The van der Waals surface area contributed by atoms with Gasteiger partial charge in [-0.15, -0.1) is 0 Å². The summed E-state index contributed by atoms with van der Waals surface area (Å²) in [5.74, 6) is 1.58. The molecule has 5 nitrogen and oxygen atoms in total. The quantitative estimate of drug-likeness (QED) is 0.782. The normalized spacial score (nSPS) is 20.3. The van der Waals surface area contributed by atoms with Crippen LogP contribution in [0.5, 0.6) is 5.75 Å². The van der Waals surface area contributed by atoms with Crippen molar-refractivity contribution in [2.75, 3.05) is 52.4 Å². The number of piperazine rings is 1. The summed E-state index contributed by atoms with van der Waals surface area (Å²) in [5, 5.41) is 0. The van der Waals surface area contributed by atoms with Crippen LogP contribution in [0, 0.1) is 5.92 Å². The van der Waals surface area contributed by atoms with Crippen LogP contribution in [0.1, 0.15) is 32.3 Å². The van der Waals surface area contributed by atoms with Crippen molar-refractivity contribution in [3.8, 4) is 5.75 Å². The molecule has 1 aromatic rings. The van der Waals surface area contributed by atoms with Crippen LogP contribution in [0.25, 0.3) is 0 Å². The third kappa shape index (κ3) is 4.77. The largest absolute Gasteiger partial charge is 0.494 e. The van der Waals surface area contributed by atoms with Crippen LogP contribution in [0.2, 0.25) is 0 Å². The Bertz CT molecular complexity index is 576. The maximum atomic E-state index is 12.8.